The fraction of sp³-hybridized carbons (Fsp3) is 0.600. The first-order chi connectivity index (χ1) is 11.4. The van der Waals surface area contributed by atoms with Crippen molar-refractivity contribution < 1.29 is 14.7 Å². The van der Waals surface area contributed by atoms with Crippen LogP contribution >= 0.6 is 11.3 Å². The number of amides is 1. The second-order valence-corrected chi connectivity index (χ2v) is 6.98. The molecule has 0 fully saturated rings. The van der Waals surface area contributed by atoms with Crippen LogP contribution in [0.1, 0.15) is 37.3 Å². The topological polar surface area (TPSA) is 144 Å². The van der Waals surface area contributed by atoms with Gasteiger partial charge in [0, 0.05) is 17.3 Å². The maximum atomic E-state index is 12.2. The van der Waals surface area contributed by atoms with Crippen LogP contribution in [0.25, 0.3) is 0 Å². The highest BCUT2D eigenvalue weighted by atomic mass is 32.1. The van der Waals surface area contributed by atoms with E-state index >= 15 is 0 Å². The van der Waals surface area contributed by atoms with Crippen LogP contribution in [0, 0.1) is 11.8 Å². The highest BCUT2D eigenvalue weighted by Crippen LogP contribution is 2.33. The molecule has 0 saturated carbocycles. The van der Waals surface area contributed by atoms with Crippen molar-refractivity contribution in [1.82, 2.24) is 10.3 Å². The van der Waals surface area contributed by atoms with Gasteiger partial charge < -0.3 is 21.9 Å². The average molecular weight is 355 g/mol. The van der Waals surface area contributed by atoms with Crippen LogP contribution in [0.15, 0.2) is 4.99 Å². The summed E-state index contributed by atoms with van der Waals surface area (Å²) in [6.07, 6.45) is 3.40. The molecule has 1 aliphatic carbocycles. The first kappa shape index (κ1) is 19.9. The minimum Gasteiger partial charge on any atom is -0.483 e. The summed E-state index contributed by atoms with van der Waals surface area (Å²) in [5.74, 6) is 0.811. The lowest BCUT2D eigenvalue weighted by molar-refractivity contribution is -0.125. The second kappa shape index (κ2) is 9.86. The van der Waals surface area contributed by atoms with E-state index in [0.29, 0.717) is 11.0 Å². The van der Waals surface area contributed by atoms with Gasteiger partial charge in [-0.3, -0.25) is 9.59 Å². The van der Waals surface area contributed by atoms with Gasteiger partial charge in [-0.05, 0) is 31.6 Å². The Balaban J connectivity index is 0.000000891. The number of guanidine groups is 1. The number of hydrogen-bond donors (Lipinski definition) is 4. The molecule has 0 aliphatic heterocycles. The Bertz CT molecular complexity index is 582. The van der Waals surface area contributed by atoms with Crippen molar-refractivity contribution in [2.75, 3.05) is 6.54 Å². The van der Waals surface area contributed by atoms with E-state index in [9.17, 15) is 4.79 Å². The molecule has 1 unspecified atom stereocenters. The molecule has 0 bridgehead atoms. The Morgan fingerprint density at radius 2 is 2.21 bits per heavy atom. The number of nitrogens with one attached hydrogen (secondary N) is 1. The van der Waals surface area contributed by atoms with Gasteiger partial charge in [0.05, 0.1) is 5.69 Å². The highest BCUT2D eigenvalue weighted by molar-refractivity contribution is 7.15. The number of aromatic nitrogens is 1. The van der Waals surface area contributed by atoms with E-state index in [1.54, 1.807) is 0 Å². The number of aliphatic imine (C=N–C) groups is 1. The fourth-order valence-corrected chi connectivity index (χ4v) is 3.45. The molecule has 1 aromatic heterocycles. The van der Waals surface area contributed by atoms with Crippen molar-refractivity contribution in [3.8, 4) is 0 Å². The van der Waals surface area contributed by atoms with Crippen molar-refractivity contribution in [2.45, 2.75) is 39.5 Å². The van der Waals surface area contributed by atoms with Crippen LogP contribution in [0.3, 0.4) is 0 Å². The molecule has 134 valence electrons. The van der Waals surface area contributed by atoms with Gasteiger partial charge in [-0.2, -0.15) is 4.99 Å². The number of hydrogen-bond acceptors (Lipinski definition) is 5. The van der Waals surface area contributed by atoms with Crippen molar-refractivity contribution in [3.63, 3.8) is 0 Å². The molecule has 2 rings (SSSR count). The third-order valence-corrected chi connectivity index (χ3v) is 4.56. The van der Waals surface area contributed by atoms with Gasteiger partial charge in [0.1, 0.15) is 0 Å². The van der Waals surface area contributed by atoms with E-state index in [1.165, 1.54) is 11.3 Å². The Morgan fingerprint density at radius 3 is 2.79 bits per heavy atom. The molecular weight excluding hydrogens is 330 g/mol. The van der Waals surface area contributed by atoms with Gasteiger partial charge in [0.25, 0.3) is 6.47 Å². The second-order valence-electron chi connectivity index (χ2n) is 5.92. The predicted molar refractivity (Wildman–Crippen MR) is 94.3 cm³/mol. The summed E-state index contributed by atoms with van der Waals surface area (Å²) in [6, 6.07) is 0. The lowest BCUT2D eigenvalue weighted by Gasteiger charge is -2.20. The standard InChI is InChI=1S/C14H23N5OS.CH2O2/c1-8(2)5-6-17-12(20)9-3-4-10-11(7-9)21-14(18-10)19-13(15)16;2-1-3/h8-9H,3-7H2,1-2H3,(H,17,20)(H4,15,16,18,19);1H,(H,2,3). The van der Waals surface area contributed by atoms with Gasteiger partial charge in [-0.25, -0.2) is 4.98 Å². The minimum absolute atomic E-state index is 0.0177. The number of fused-ring (bicyclic) bond motifs is 1. The quantitative estimate of drug-likeness (QED) is 0.352. The number of nitrogens with two attached hydrogens (primary N) is 2. The number of rotatable bonds is 5. The number of nitrogens with zero attached hydrogens (tertiary/aromatic N) is 2. The molecule has 24 heavy (non-hydrogen) atoms. The van der Waals surface area contributed by atoms with Crippen LogP contribution < -0.4 is 16.8 Å². The van der Waals surface area contributed by atoms with E-state index in [1.807, 2.05) is 0 Å². The monoisotopic (exact) mass is 355 g/mol. The third kappa shape index (κ3) is 6.53. The first-order valence-electron chi connectivity index (χ1n) is 7.81. The lowest BCUT2D eigenvalue weighted by Crippen LogP contribution is -2.34. The molecule has 6 N–H and O–H groups in total. The summed E-state index contributed by atoms with van der Waals surface area (Å²) in [5.41, 5.74) is 11.8. The van der Waals surface area contributed by atoms with E-state index < -0.39 is 0 Å². The first-order valence-corrected chi connectivity index (χ1v) is 8.62. The maximum absolute atomic E-state index is 12.2. The smallest absolute Gasteiger partial charge is 0.290 e. The summed E-state index contributed by atoms with van der Waals surface area (Å²) < 4.78 is 0. The summed E-state index contributed by atoms with van der Waals surface area (Å²) >= 11 is 1.47. The van der Waals surface area contributed by atoms with Crippen molar-refractivity contribution in [3.05, 3.63) is 10.6 Å². The van der Waals surface area contributed by atoms with E-state index in [-0.39, 0.29) is 24.3 Å². The average Bonchev–Trinajstić information content (AvgIpc) is 2.87. The Labute approximate surface area is 145 Å². The van der Waals surface area contributed by atoms with Gasteiger partial charge in [-0.1, -0.05) is 25.2 Å². The summed E-state index contributed by atoms with van der Waals surface area (Å²) in [6.45, 7) is 4.81. The molecule has 8 nitrogen and oxygen atoms in total. The van der Waals surface area contributed by atoms with Gasteiger partial charge >= 0.3 is 0 Å². The van der Waals surface area contributed by atoms with Crippen LogP contribution in [0.5, 0.6) is 0 Å². The molecule has 1 atom stereocenters. The Morgan fingerprint density at radius 1 is 1.54 bits per heavy atom. The molecule has 0 aromatic carbocycles. The number of thiazole rings is 1. The zero-order valence-electron chi connectivity index (χ0n) is 14.0. The van der Waals surface area contributed by atoms with Gasteiger partial charge in [-0.15, -0.1) is 0 Å². The van der Waals surface area contributed by atoms with Crippen molar-refractivity contribution in [1.29, 1.82) is 0 Å². The molecule has 0 saturated heterocycles. The fourth-order valence-electron chi connectivity index (χ4n) is 2.37. The number of carbonyl (C=O) groups is 2. The number of aryl methyl sites for hydroxylation is 1. The minimum atomic E-state index is -0.250. The summed E-state index contributed by atoms with van der Waals surface area (Å²) in [7, 11) is 0. The van der Waals surface area contributed by atoms with E-state index in [0.717, 1.165) is 42.8 Å². The number of carboxylic acid groups (broad SMARTS) is 1. The van der Waals surface area contributed by atoms with Crippen LogP contribution in [-0.2, 0) is 22.4 Å². The Kier molecular flexibility index (Phi) is 8.17. The third-order valence-electron chi connectivity index (χ3n) is 3.54. The highest BCUT2D eigenvalue weighted by Gasteiger charge is 2.27. The molecule has 0 radical (unpaired) electrons. The largest absolute Gasteiger partial charge is 0.483 e. The molecule has 0 spiro atoms. The zero-order valence-corrected chi connectivity index (χ0v) is 14.8. The van der Waals surface area contributed by atoms with E-state index in [4.69, 9.17) is 21.4 Å². The molecular formula is C15H25N5O3S. The molecule has 1 amide bonds. The molecule has 9 heteroatoms. The molecule has 1 aliphatic rings. The normalized spacial score (nSPS) is 15.7. The Hall–Kier alpha value is -2.16. The SMILES string of the molecule is CC(C)CCNC(=O)C1CCc2nc(N=C(N)N)sc2C1.O=CO. The predicted octanol–water partition coefficient (Wildman–Crippen LogP) is 1.02. The van der Waals surface area contributed by atoms with E-state index in [2.05, 4.69) is 29.1 Å². The summed E-state index contributed by atoms with van der Waals surface area (Å²) in [4.78, 5) is 30.1. The van der Waals surface area contributed by atoms with Crippen LogP contribution in [0.2, 0.25) is 0 Å². The zero-order chi connectivity index (χ0) is 18.1. The molecule has 1 heterocycles. The van der Waals surface area contributed by atoms with Gasteiger partial charge in [0.2, 0.25) is 11.0 Å². The van der Waals surface area contributed by atoms with Crippen molar-refractivity contribution in [2.24, 2.45) is 28.3 Å². The maximum Gasteiger partial charge on any atom is 0.290 e. The van der Waals surface area contributed by atoms with Crippen molar-refractivity contribution >= 4 is 34.8 Å². The number of carbonyl (C=O) groups excluding carboxylic acids is 1. The molecule has 1 aromatic rings. The summed E-state index contributed by atoms with van der Waals surface area (Å²) in [5, 5.41) is 10.5. The lowest BCUT2D eigenvalue weighted by atomic mass is 9.90. The van der Waals surface area contributed by atoms with Gasteiger partial charge in [0.15, 0.2) is 5.96 Å². The van der Waals surface area contributed by atoms with Crippen LogP contribution in [0.4, 0.5) is 5.13 Å². The van der Waals surface area contributed by atoms with Crippen LogP contribution in [-0.4, -0.2) is 35.0 Å².